The molecule has 0 saturated heterocycles. The lowest BCUT2D eigenvalue weighted by Crippen LogP contribution is -2.24. The quantitative estimate of drug-likeness (QED) is 0.541. The van der Waals surface area contributed by atoms with Crippen molar-refractivity contribution in [2.45, 2.75) is 6.54 Å². The number of carbonyl (C=O) groups is 1. The summed E-state index contributed by atoms with van der Waals surface area (Å²) in [5.74, 6) is 0.480. The van der Waals surface area contributed by atoms with E-state index in [1.807, 2.05) is 60.8 Å². The molecular formula is C22H18ClN3O2. The van der Waals surface area contributed by atoms with Gasteiger partial charge in [-0.1, -0.05) is 41.9 Å². The summed E-state index contributed by atoms with van der Waals surface area (Å²) in [7, 11) is 1.63. The van der Waals surface area contributed by atoms with E-state index in [2.05, 4.69) is 10.4 Å². The van der Waals surface area contributed by atoms with Crippen LogP contribution >= 0.6 is 11.6 Å². The smallest absolute Gasteiger partial charge is 0.272 e. The zero-order chi connectivity index (χ0) is 19.5. The molecule has 0 radical (unpaired) electrons. The minimum Gasteiger partial charge on any atom is -0.496 e. The Morgan fingerprint density at radius 1 is 1.07 bits per heavy atom. The molecule has 0 spiro atoms. The van der Waals surface area contributed by atoms with E-state index < -0.39 is 0 Å². The van der Waals surface area contributed by atoms with Gasteiger partial charge in [0.1, 0.15) is 11.4 Å². The third-order valence-electron chi connectivity index (χ3n) is 4.47. The highest BCUT2D eigenvalue weighted by atomic mass is 35.5. The molecule has 0 aliphatic heterocycles. The summed E-state index contributed by atoms with van der Waals surface area (Å²) in [6.45, 7) is 0.370. The number of hydrogen-bond donors (Lipinski definition) is 1. The van der Waals surface area contributed by atoms with E-state index in [1.165, 1.54) is 0 Å². The van der Waals surface area contributed by atoms with Crippen molar-refractivity contribution in [2.75, 3.05) is 7.11 Å². The summed E-state index contributed by atoms with van der Waals surface area (Å²) in [6.07, 6.45) is 1.82. The van der Waals surface area contributed by atoms with Gasteiger partial charge < -0.3 is 10.1 Å². The Labute approximate surface area is 167 Å². The van der Waals surface area contributed by atoms with Crippen LogP contribution in [0.1, 0.15) is 16.1 Å². The van der Waals surface area contributed by atoms with Crippen molar-refractivity contribution < 1.29 is 9.53 Å². The van der Waals surface area contributed by atoms with Gasteiger partial charge >= 0.3 is 0 Å². The van der Waals surface area contributed by atoms with Crippen LogP contribution in [0.15, 0.2) is 72.9 Å². The maximum Gasteiger partial charge on any atom is 0.272 e. The average molecular weight is 392 g/mol. The third kappa shape index (κ3) is 3.57. The molecule has 0 unspecified atom stereocenters. The number of methoxy groups -OCH3 is 1. The molecule has 28 heavy (non-hydrogen) atoms. The fourth-order valence-electron chi connectivity index (χ4n) is 3.14. The van der Waals surface area contributed by atoms with Crippen molar-refractivity contribution in [1.29, 1.82) is 0 Å². The normalized spacial score (nSPS) is 10.8. The lowest BCUT2D eigenvalue weighted by Gasteiger charge is -2.12. The number of rotatable bonds is 5. The molecule has 0 fully saturated rings. The Bertz CT molecular complexity index is 1150. The van der Waals surface area contributed by atoms with E-state index in [4.69, 9.17) is 16.3 Å². The Morgan fingerprint density at radius 3 is 2.75 bits per heavy atom. The van der Waals surface area contributed by atoms with Crippen molar-refractivity contribution in [3.63, 3.8) is 0 Å². The van der Waals surface area contributed by atoms with E-state index in [9.17, 15) is 4.79 Å². The molecule has 0 bridgehead atoms. The van der Waals surface area contributed by atoms with Gasteiger partial charge in [-0.05, 0) is 42.0 Å². The predicted octanol–water partition coefficient (Wildman–Crippen LogP) is 4.59. The summed E-state index contributed by atoms with van der Waals surface area (Å²) in [5, 5.41) is 7.98. The number of hydrogen-bond acceptors (Lipinski definition) is 3. The van der Waals surface area contributed by atoms with Crippen molar-refractivity contribution in [1.82, 2.24) is 14.9 Å². The second kappa shape index (κ2) is 7.74. The summed E-state index contributed by atoms with van der Waals surface area (Å²) >= 11 is 6.01. The molecule has 1 amide bonds. The highest BCUT2D eigenvalue weighted by molar-refractivity contribution is 6.30. The van der Waals surface area contributed by atoms with Crippen LogP contribution in [0.3, 0.4) is 0 Å². The summed E-state index contributed by atoms with van der Waals surface area (Å²) < 4.78 is 7.20. The Balaban J connectivity index is 1.69. The van der Waals surface area contributed by atoms with Crippen LogP contribution in [0, 0.1) is 0 Å². The van der Waals surface area contributed by atoms with Gasteiger partial charge in [-0.15, -0.1) is 0 Å². The van der Waals surface area contributed by atoms with E-state index in [-0.39, 0.29) is 5.91 Å². The zero-order valence-electron chi connectivity index (χ0n) is 15.2. The fraction of sp³-hybridized carbons (Fsp3) is 0.0909. The van der Waals surface area contributed by atoms with Crippen LogP contribution in [0.2, 0.25) is 5.02 Å². The van der Waals surface area contributed by atoms with Gasteiger partial charge in [0.2, 0.25) is 0 Å². The molecule has 2 aromatic heterocycles. The van der Waals surface area contributed by atoms with Crippen LogP contribution < -0.4 is 10.1 Å². The topological polar surface area (TPSA) is 55.6 Å². The highest BCUT2D eigenvalue weighted by Gasteiger charge is 2.15. The lowest BCUT2D eigenvalue weighted by atomic mass is 10.0. The maximum absolute atomic E-state index is 12.8. The Kier molecular flexibility index (Phi) is 5.00. The molecule has 1 N–H and O–H groups in total. The number of nitrogens with zero attached hydrogens (tertiary/aromatic N) is 2. The van der Waals surface area contributed by atoms with E-state index in [0.717, 1.165) is 28.0 Å². The van der Waals surface area contributed by atoms with Gasteiger partial charge in [0.05, 0.1) is 12.6 Å². The maximum atomic E-state index is 12.8. The average Bonchev–Trinajstić information content (AvgIpc) is 3.20. The number of aromatic nitrogens is 2. The molecule has 0 aliphatic carbocycles. The van der Waals surface area contributed by atoms with Gasteiger partial charge in [0.25, 0.3) is 5.91 Å². The van der Waals surface area contributed by atoms with Crippen LogP contribution in [0.25, 0.3) is 16.6 Å². The molecule has 6 heteroatoms. The lowest BCUT2D eigenvalue weighted by molar-refractivity contribution is 0.0944. The first kappa shape index (κ1) is 18.1. The molecule has 2 aromatic carbocycles. The van der Waals surface area contributed by atoms with Crippen LogP contribution in [0.5, 0.6) is 5.75 Å². The Hall–Kier alpha value is -3.31. The minimum atomic E-state index is -0.258. The fourth-order valence-corrected chi connectivity index (χ4v) is 3.35. The number of para-hydroxylation sites is 1. The second-order valence-electron chi connectivity index (χ2n) is 6.29. The molecule has 4 aromatic rings. The van der Waals surface area contributed by atoms with Gasteiger partial charge in [0, 0.05) is 28.9 Å². The van der Waals surface area contributed by atoms with E-state index in [0.29, 0.717) is 17.3 Å². The number of fused-ring (bicyclic) bond motifs is 1. The first-order chi connectivity index (χ1) is 13.7. The van der Waals surface area contributed by atoms with E-state index in [1.54, 1.807) is 23.8 Å². The summed E-state index contributed by atoms with van der Waals surface area (Å²) in [5.41, 5.74) is 3.93. The molecule has 0 saturated carbocycles. The molecule has 0 atom stereocenters. The van der Waals surface area contributed by atoms with Crippen LogP contribution in [-0.4, -0.2) is 22.6 Å². The number of nitrogens with one attached hydrogen (secondary N) is 1. The van der Waals surface area contributed by atoms with Crippen molar-refractivity contribution in [2.24, 2.45) is 0 Å². The third-order valence-corrected chi connectivity index (χ3v) is 4.71. The van der Waals surface area contributed by atoms with Crippen molar-refractivity contribution in [3.05, 3.63) is 89.2 Å². The number of amides is 1. The SMILES string of the molecule is COc1ccccc1-c1cc(C(=O)NCc2cccc(Cl)c2)nn2cccc12. The highest BCUT2D eigenvalue weighted by Crippen LogP contribution is 2.33. The largest absolute Gasteiger partial charge is 0.496 e. The molecule has 140 valence electrons. The Morgan fingerprint density at radius 2 is 1.93 bits per heavy atom. The molecule has 0 aliphatic rings. The minimum absolute atomic E-state index is 0.258. The summed E-state index contributed by atoms with van der Waals surface area (Å²) in [4.78, 5) is 12.8. The zero-order valence-corrected chi connectivity index (χ0v) is 16.0. The number of benzene rings is 2. The molecule has 4 rings (SSSR count). The number of halogens is 1. The summed E-state index contributed by atoms with van der Waals surface area (Å²) in [6, 6.07) is 20.8. The first-order valence-corrected chi connectivity index (χ1v) is 9.18. The molecule has 2 heterocycles. The number of ether oxygens (including phenoxy) is 1. The molecular weight excluding hydrogens is 374 g/mol. The van der Waals surface area contributed by atoms with Crippen molar-refractivity contribution in [3.8, 4) is 16.9 Å². The van der Waals surface area contributed by atoms with Crippen LogP contribution in [-0.2, 0) is 6.54 Å². The number of carbonyl (C=O) groups excluding carboxylic acids is 1. The van der Waals surface area contributed by atoms with Crippen molar-refractivity contribution >= 4 is 23.0 Å². The van der Waals surface area contributed by atoms with Crippen LogP contribution in [0.4, 0.5) is 0 Å². The van der Waals surface area contributed by atoms with Gasteiger partial charge in [0.15, 0.2) is 0 Å². The van der Waals surface area contributed by atoms with Gasteiger partial charge in [-0.25, -0.2) is 4.52 Å². The predicted molar refractivity (Wildman–Crippen MR) is 110 cm³/mol. The van der Waals surface area contributed by atoms with Gasteiger partial charge in [-0.3, -0.25) is 4.79 Å². The monoisotopic (exact) mass is 391 g/mol. The van der Waals surface area contributed by atoms with Gasteiger partial charge in [-0.2, -0.15) is 5.10 Å². The second-order valence-corrected chi connectivity index (χ2v) is 6.73. The van der Waals surface area contributed by atoms with E-state index >= 15 is 0 Å². The first-order valence-electron chi connectivity index (χ1n) is 8.80. The molecule has 5 nitrogen and oxygen atoms in total. The standard InChI is InChI=1S/C22H18ClN3O2/c1-28-21-10-3-2-8-17(21)18-13-19(25-26-11-5-9-20(18)26)22(27)24-14-15-6-4-7-16(23)12-15/h2-13H,14H2,1H3,(H,24,27).